The number of carbonyl (C=O) groups excluding carboxylic acids is 1. The summed E-state index contributed by atoms with van der Waals surface area (Å²) in [5, 5.41) is 2.84. The van der Waals surface area contributed by atoms with Gasteiger partial charge in [0.1, 0.15) is 0 Å². The zero-order chi connectivity index (χ0) is 17.9. The van der Waals surface area contributed by atoms with Gasteiger partial charge in [0.05, 0.1) is 4.90 Å². The van der Waals surface area contributed by atoms with E-state index in [1.54, 1.807) is 0 Å². The molecule has 0 atom stereocenters. The minimum atomic E-state index is -3.48. The first-order valence-electron chi connectivity index (χ1n) is 7.59. The molecule has 0 spiro atoms. The van der Waals surface area contributed by atoms with Crippen LogP contribution in [-0.2, 0) is 16.6 Å². The Kier molecular flexibility index (Phi) is 5.41. The van der Waals surface area contributed by atoms with E-state index in [4.69, 9.17) is 0 Å². The highest BCUT2D eigenvalue weighted by atomic mass is 32.2. The van der Waals surface area contributed by atoms with Crippen molar-refractivity contribution in [3.8, 4) is 0 Å². The molecule has 0 unspecified atom stereocenters. The van der Waals surface area contributed by atoms with Gasteiger partial charge >= 0.3 is 0 Å². The van der Waals surface area contributed by atoms with Crippen molar-refractivity contribution in [3.63, 3.8) is 0 Å². The van der Waals surface area contributed by atoms with Crippen LogP contribution in [0.5, 0.6) is 0 Å². The first kappa shape index (κ1) is 18.2. The van der Waals surface area contributed by atoms with Crippen LogP contribution in [0, 0.1) is 13.8 Å². The highest BCUT2D eigenvalue weighted by Gasteiger charge is 2.17. The van der Waals surface area contributed by atoms with E-state index >= 15 is 0 Å². The summed E-state index contributed by atoms with van der Waals surface area (Å²) in [4.78, 5) is 12.4. The Morgan fingerprint density at radius 3 is 2.17 bits per heavy atom. The van der Waals surface area contributed by atoms with Gasteiger partial charge in [0.15, 0.2) is 0 Å². The maximum atomic E-state index is 12.2. The molecule has 0 radical (unpaired) electrons. The van der Waals surface area contributed by atoms with Gasteiger partial charge in [0.25, 0.3) is 5.91 Å². The zero-order valence-electron chi connectivity index (χ0n) is 14.3. The Hall–Kier alpha value is -2.18. The van der Waals surface area contributed by atoms with Crippen molar-refractivity contribution in [1.29, 1.82) is 0 Å². The number of hydrogen-bond donors (Lipinski definition) is 1. The summed E-state index contributed by atoms with van der Waals surface area (Å²) in [6, 6.07) is 12.0. The topological polar surface area (TPSA) is 66.5 Å². The molecule has 1 N–H and O–H groups in total. The third-order valence-corrected chi connectivity index (χ3v) is 5.75. The van der Waals surface area contributed by atoms with Crippen LogP contribution in [0.3, 0.4) is 0 Å². The molecule has 2 rings (SSSR count). The Balaban J connectivity index is 2.06. The predicted molar refractivity (Wildman–Crippen MR) is 94.4 cm³/mol. The summed E-state index contributed by atoms with van der Waals surface area (Å²) in [5.74, 6) is -0.234. The number of carbonyl (C=O) groups is 1. The molecule has 0 heterocycles. The second kappa shape index (κ2) is 7.15. The van der Waals surface area contributed by atoms with Gasteiger partial charge in [-0.15, -0.1) is 0 Å². The molecule has 0 aliphatic rings. The van der Waals surface area contributed by atoms with E-state index in [-0.39, 0.29) is 10.8 Å². The van der Waals surface area contributed by atoms with E-state index in [0.29, 0.717) is 12.1 Å². The van der Waals surface area contributed by atoms with Crippen LogP contribution in [0.25, 0.3) is 0 Å². The number of nitrogens with one attached hydrogen (secondary N) is 1. The highest BCUT2D eigenvalue weighted by Crippen LogP contribution is 2.14. The zero-order valence-corrected chi connectivity index (χ0v) is 15.1. The van der Waals surface area contributed by atoms with E-state index in [1.165, 1.54) is 49.5 Å². The average molecular weight is 346 g/mol. The summed E-state index contributed by atoms with van der Waals surface area (Å²) < 4.78 is 25.2. The smallest absolute Gasteiger partial charge is 0.251 e. The van der Waals surface area contributed by atoms with Crippen molar-refractivity contribution in [3.05, 3.63) is 64.7 Å². The Morgan fingerprint density at radius 1 is 1.00 bits per heavy atom. The molecule has 24 heavy (non-hydrogen) atoms. The highest BCUT2D eigenvalue weighted by molar-refractivity contribution is 7.89. The lowest BCUT2D eigenvalue weighted by atomic mass is 10.1. The molecule has 1 amide bonds. The van der Waals surface area contributed by atoms with Gasteiger partial charge in [0, 0.05) is 26.2 Å². The molecule has 0 saturated heterocycles. The van der Waals surface area contributed by atoms with Crippen LogP contribution in [0.15, 0.2) is 47.4 Å². The Morgan fingerprint density at radius 2 is 1.62 bits per heavy atom. The minimum Gasteiger partial charge on any atom is -0.348 e. The number of nitrogens with zero attached hydrogens (tertiary/aromatic N) is 1. The normalized spacial score (nSPS) is 11.5. The number of aryl methyl sites for hydroxylation is 2. The molecule has 2 aromatic carbocycles. The summed E-state index contributed by atoms with van der Waals surface area (Å²) >= 11 is 0. The second-order valence-electron chi connectivity index (χ2n) is 5.91. The van der Waals surface area contributed by atoms with Gasteiger partial charge in [-0.25, -0.2) is 12.7 Å². The van der Waals surface area contributed by atoms with Crippen LogP contribution in [0.2, 0.25) is 0 Å². The summed E-state index contributed by atoms with van der Waals surface area (Å²) in [7, 11) is -0.538. The van der Waals surface area contributed by atoms with Gasteiger partial charge in [-0.05, 0) is 54.8 Å². The monoisotopic (exact) mass is 346 g/mol. The third-order valence-electron chi connectivity index (χ3n) is 3.92. The summed E-state index contributed by atoms with van der Waals surface area (Å²) in [6.07, 6.45) is 0. The Labute approximate surface area is 143 Å². The van der Waals surface area contributed by atoms with Crippen molar-refractivity contribution in [2.24, 2.45) is 0 Å². The van der Waals surface area contributed by atoms with Crippen LogP contribution >= 0.6 is 0 Å². The average Bonchev–Trinajstić information content (AvgIpc) is 2.55. The first-order valence-corrected chi connectivity index (χ1v) is 9.03. The lowest BCUT2D eigenvalue weighted by Crippen LogP contribution is -2.24. The number of amides is 1. The molecule has 0 aliphatic heterocycles. The lowest BCUT2D eigenvalue weighted by Gasteiger charge is -2.12. The molecule has 128 valence electrons. The minimum absolute atomic E-state index is 0.165. The summed E-state index contributed by atoms with van der Waals surface area (Å²) in [6.45, 7) is 4.50. The predicted octanol–water partition coefficient (Wildman–Crippen LogP) is 2.48. The SMILES string of the molecule is Cc1ccc(CNC(=O)c2ccc(S(=O)(=O)N(C)C)cc2)cc1C. The number of sulfonamides is 1. The van der Waals surface area contributed by atoms with Gasteiger partial charge < -0.3 is 5.32 Å². The molecule has 0 saturated carbocycles. The van der Waals surface area contributed by atoms with E-state index < -0.39 is 10.0 Å². The summed E-state index contributed by atoms with van der Waals surface area (Å²) in [5.41, 5.74) is 3.84. The molecule has 0 bridgehead atoms. The van der Waals surface area contributed by atoms with Gasteiger partial charge in [-0.3, -0.25) is 4.79 Å². The van der Waals surface area contributed by atoms with Crippen molar-refractivity contribution < 1.29 is 13.2 Å². The van der Waals surface area contributed by atoms with Crippen LogP contribution in [0.1, 0.15) is 27.0 Å². The molecule has 0 fully saturated rings. The number of benzene rings is 2. The second-order valence-corrected chi connectivity index (χ2v) is 8.06. The van der Waals surface area contributed by atoms with Crippen LogP contribution < -0.4 is 5.32 Å². The van der Waals surface area contributed by atoms with E-state index in [0.717, 1.165) is 9.87 Å². The molecule has 0 aromatic heterocycles. The number of hydrogen-bond acceptors (Lipinski definition) is 3. The van der Waals surface area contributed by atoms with Gasteiger partial charge in [-0.2, -0.15) is 0 Å². The van der Waals surface area contributed by atoms with Gasteiger partial charge in [-0.1, -0.05) is 18.2 Å². The third kappa shape index (κ3) is 4.01. The number of rotatable bonds is 5. The largest absolute Gasteiger partial charge is 0.348 e. The lowest BCUT2D eigenvalue weighted by molar-refractivity contribution is 0.0951. The molecular formula is C18H22N2O3S. The molecule has 6 heteroatoms. The van der Waals surface area contributed by atoms with Crippen molar-refractivity contribution in [2.75, 3.05) is 14.1 Å². The van der Waals surface area contributed by atoms with E-state index in [9.17, 15) is 13.2 Å². The van der Waals surface area contributed by atoms with Crippen molar-refractivity contribution >= 4 is 15.9 Å². The molecule has 5 nitrogen and oxygen atoms in total. The Bertz CT molecular complexity index is 841. The first-order chi connectivity index (χ1) is 11.2. The van der Waals surface area contributed by atoms with E-state index in [1.807, 2.05) is 32.0 Å². The fourth-order valence-corrected chi connectivity index (χ4v) is 3.09. The van der Waals surface area contributed by atoms with Crippen LogP contribution in [-0.4, -0.2) is 32.7 Å². The molecule has 2 aromatic rings. The maximum Gasteiger partial charge on any atom is 0.251 e. The van der Waals surface area contributed by atoms with Crippen LogP contribution in [0.4, 0.5) is 0 Å². The van der Waals surface area contributed by atoms with E-state index in [2.05, 4.69) is 5.32 Å². The fraction of sp³-hybridized carbons (Fsp3) is 0.278. The molecule has 0 aliphatic carbocycles. The quantitative estimate of drug-likeness (QED) is 0.904. The maximum absolute atomic E-state index is 12.2. The van der Waals surface area contributed by atoms with Crippen molar-refractivity contribution in [2.45, 2.75) is 25.3 Å². The molecular weight excluding hydrogens is 324 g/mol. The van der Waals surface area contributed by atoms with Crippen molar-refractivity contribution in [1.82, 2.24) is 9.62 Å². The fourth-order valence-electron chi connectivity index (χ4n) is 2.19. The van der Waals surface area contributed by atoms with Gasteiger partial charge in [0.2, 0.25) is 10.0 Å². The standard InChI is InChI=1S/C18H22N2O3S/c1-13-5-6-15(11-14(13)2)12-19-18(21)16-7-9-17(10-8-16)24(22,23)20(3)4/h5-11H,12H2,1-4H3,(H,19,21).